The summed E-state index contributed by atoms with van der Waals surface area (Å²) in [5.41, 5.74) is 2.45. The number of aromatic amines is 1. The number of hydrogen-bond acceptors (Lipinski definition) is 2. The van der Waals surface area contributed by atoms with Crippen LogP contribution < -0.4 is 5.56 Å². The number of rotatable bonds is 3. The molecule has 100 valence electrons. The van der Waals surface area contributed by atoms with Gasteiger partial charge in [0.2, 0.25) is 0 Å². The fourth-order valence-corrected chi connectivity index (χ4v) is 2.25. The Balaban J connectivity index is 1.95. The van der Waals surface area contributed by atoms with Gasteiger partial charge in [-0.2, -0.15) is 0 Å². The molecule has 0 saturated carbocycles. The van der Waals surface area contributed by atoms with Gasteiger partial charge in [0, 0.05) is 5.56 Å². The summed E-state index contributed by atoms with van der Waals surface area (Å²) in [6.45, 7) is 2.00. The highest BCUT2D eigenvalue weighted by molar-refractivity contribution is 5.94. The third kappa shape index (κ3) is 2.16. The minimum absolute atomic E-state index is 0.0313. The first-order chi connectivity index (χ1) is 9.65. The van der Waals surface area contributed by atoms with Gasteiger partial charge in [-0.05, 0) is 24.6 Å². The number of nitrogens with one attached hydrogen (secondary N) is 1. The van der Waals surface area contributed by atoms with Gasteiger partial charge in [0.25, 0.3) is 5.56 Å². The molecule has 0 aliphatic rings. The van der Waals surface area contributed by atoms with Crippen molar-refractivity contribution in [2.24, 2.45) is 0 Å². The van der Waals surface area contributed by atoms with Crippen LogP contribution in [0, 0.1) is 0 Å². The number of para-hydroxylation sites is 1. The molecule has 0 amide bonds. The molecule has 0 aliphatic carbocycles. The molecule has 4 nitrogen and oxygen atoms in total. The number of fused-ring (bicyclic) bond motifs is 1. The van der Waals surface area contributed by atoms with Gasteiger partial charge in [0.05, 0.1) is 17.4 Å². The van der Waals surface area contributed by atoms with E-state index in [1.54, 1.807) is 16.8 Å². The molecule has 0 unspecified atom stereocenters. The molecule has 0 atom stereocenters. The van der Waals surface area contributed by atoms with Crippen LogP contribution in [0.4, 0.5) is 0 Å². The van der Waals surface area contributed by atoms with Gasteiger partial charge in [-0.3, -0.25) is 14.7 Å². The van der Waals surface area contributed by atoms with Gasteiger partial charge in [0.15, 0.2) is 5.78 Å². The molecule has 0 radical (unpaired) electrons. The average Bonchev–Trinajstić information content (AvgIpc) is 2.77. The SMILES string of the molecule is CC(=O)c1ccc(Cn2[nH]c3ccccc3c2=O)cc1. The molecule has 20 heavy (non-hydrogen) atoms. The zero-order chi connectivity index (χ0) is 14.1. The lowest BCUT2D eigenvalue weighted by atomic mass is 10.1. The Hall–Kier alpha value is -2.62. The zero-order valence-electron chi connectivity index (χ0n) is 11.1. The van der Waals surface area contributed by atoms with E-state index in [0.29, 0.717) is 17.5 Å². The number of H-pyrrole nitrogens is 1. The lowest BCUT2D eigenvalue weighted by Gasteiger charge is -2.03. The molecule has 0 aliphatic heterocycles. The summed E-state index contributed by atoms with van der Waals surface area (Å²) in [5.74, 6) is 0.0410. The van der Waals surface area contributed by atoms with Crippen molar-refractivity contribution in [3.63, 3.8) is 0 Å². The normalized spacial score (nSPS) is 10.8. The van der Waals surface area contributed by atoms with Crippen LogP contribution in [0.2, 0.25) is 0 Å². The highest BCUT2D eigenvalue weighted by Crippen LogP contribution is 2.09. The molecule has 0 spiro atoms. The van der Waals surface area contributed by atoms with E-state index in [4.69, 9.17) is 0 Å². The van der Waals surface area contributed by atoms with E-state index in [2.05, 4.69) is 5.10 Å². The molecule has 0 bridgehead atoms. The maximum absolute atomic E-state index is 12.2. The predicted octanol–water partition coefficient (Wildman–Crippen LogP) is 2.58. The minimum Gasteiger partial charge on any atom is -0.295 e. The molecule has 1 aromatic heterocycles. The zero-order valence-corrected chi connectivity index (χ0v) is 11.1. The van der Waals surface area contributed by atoms with Crippen LogP contribution in [0.25, 0.3) is 10.9 Å². The van der Waals surface area contributed by atoms with Gasteiger partial charge < -0.3 is 0 Å². The lowest BCUT2D eigenvalue weighted by Crippen LogP contribution is -2.17. The highest BCUT2D eigenvalue weighted by Gasteiger charge is 2.06. The average molecular weight is 266 g/mol. The fraction of sp³-hybridized carbons (Fsp3) is 0.125. The number of ketones is 1. The molecule has 1 N–H and O–H groups in total. The van der Waals surface area contributed by atoms with Gasteiger partial charge >= 0.3 is 0 Å². The van der Waals surface area contributed by atoms with E-state index in [0.717, 1.165) is 11.1 Å². The molecule has 1 heterocycles. The van der Waals surface area contributed by atoms with Gasteiger partial charge in [-0.25, -0.2) is 4.68 Å². The Bertz CT molecular complexity index is 826. The summed E-state index contributed by atoms with van der Waals surface area (Å²) >= 11 is 0. The van der Waals surface area contributed by atoms with E-state index < -0.39 is 0 Å². The number of hydrogen-bond donors (Lipinski definition) is 1. The van der Waals surface area contributed by atoms with Crippen molar-refractivity contribution in [3.05, 3.63) is 70.0 Å². The van der Waals surface area contributed by atoms with Crippen molar-refractivity contribution in [1.29, 1.82) is 0 Å². The molecule has 3 aromatic rings. The topological polar surface area (TPSA) is 54.9 Å². The van der Waals surface area contributed by atoms with Gasteiger partial charge in [0.1, 0.15) is 0 Å². The first-order valence-corrected chi connectivity index (χ1v) is 6.42. The van der Waals surface area contributed by atoms with E-state index in [1.807, 2.05) is 36.4 Å². The predicted molar refractivity (Wildman–Crippen MR) is 78.1 cm³/mol. The number of carbonyl (C=O) groups excluding carboxylic acids is 1. The van der Waals surface area contributed by atoms with Crippen LogP contribution in [0.3, 0.4) is 0 Å². The third-order valence-electron chi connectivity index (χ3n) is 3.36. The van der Waals surface area contributed by atoms with E-state index in [1.165, 1.54) is 6.92 Å². The Morgan fingerprint density at radius 2 is 1.80 bits per heavy atom. The van der Waals surface area contributed by atoms with E-state index >= 15 is 0 Å². The maximum atomic E-state index is 12.2. The van der Waals surface area contributed by atoms with Crippen molar-refractivity contribution < 1.29 is 4.79 Å². The van der Waals surface area contributed by atoms with Gasteiger partial charge in [-0.1, -0.05) is 36.4 Å². The first-order valence-electron chi connectivity index (χ1n) is 6.42. The Kier molecular flexibility index (Phi) is 2.99. The molecule has 4 heteroatoms. The van der Waals surface area contributed by atoms with Crippen molar-refractivity contribution in [2.75, 3.05) is 0 Å². The summed E-state index contributed by atoms with van der Waals surface area (Å²) in [4.78, 5) is 23.4. The maximum Gasteiger partial charge on any atom is 0.274 e. The molecular weight excluding hydrogens is 252 g/mol. The number of benzene rings is 2. The standard InChI is InChI=1S/C16H14N2O2/c1-11(19)13-8-6-12(7-9-13)10-18-16(20)14-4-2-3-5-15(14)17-18/h2-9,17H,10H2,1H3. The van der Waals surface area contributed by atoms with Crippen LogP contribution >= 0.6 is 0 Å². The summed E-state index contributed by atoms with van der Waals surface area (Å²) in [6, 6.07) is 14.7. The number of aromatic nitrogens is 2. The quantitative estimate of drug-likeness (QED) is 0.741. The summed E-state index contributed by atoms with van der Waals surface area (Å²) in [6.07, 6.45) is 0. The number of nitrogens with zero attached hydrogens (tertiary/aromatic N) is 1. The molecule has 0 fully saturated rings. The minimum atomic E-state index is -0.0313. The Morgan fingerprint density at radius 1 is 1.10 bits per heavy atom. The third-order valence-corrected chi connectivity index (χ3v) is 3.36. The van der Waals surface area contributed by atoms with Crippen molar-refractivity contribution in [2.45, 2.75) is 13.5 Å². The second-order valence-electron chi connectivity index (χ2n) is 4.80. The van der Waals surface area contributed by atoms with Crippen molar-refractivity contribution in [1.82, 2.24) is 9.78 Å². The smallest absolute Gasteiger partial charge is 0.274 e. The van der Waals surface area contributed by atoms with Crippen LogP contribution in [0.5, 0.6) is 0 Å². The second kappa shape index (κ2) is 4.81. The highest BCUT2D eigenvalue weighted by atomic mass is 16.1. The summed E-state index contributed by atoms with van der Waals surface area (Å²) < 4.78 is 1.58. The summed E-state index contributed by atoms with van der Waals surface area (Å²) in [7, 11) is 0. The fourth-order valence-electron chi connectivity index (χ4n) is 2.25. The molecule has 2 aromatic carbocycles. The van der Waals surface area contributed by atoms with Gasteiger partial charge in [-0.15, -0.1) is 0 Å². The molecular formula is C16H14N2O2. The Labute approximate surface area is 115 Å². The van der Waals surface area contributed by atoms with Crippen LogP contribution in [0.1, 0.15) is 22.8 Å². The molecule has 3 rings (SSSR count). The van der Waals surface area contributed by atoms with Crippen molar-refractivity contribution >= 4 is 16.7 Å². The van der Waals surface area contributed by atoms with Crippen molar-refractivity contribution in [3.8, 4) is 0 Å². The summed E-state index contributed by atoms with van der Waals surface area (Å²) in [5, 5.41) is 3.77. The number of Topliss-reactive ketones (excluding diaryl/α,β-unsaturated/α-hetero) is 1. The largest absolute Gasteiger partial charge is 0.295 e. The van der Waals surface area contributed by atoms with Crippen LogP contribution in [-0.4, -0.2) is 15.6 Å². The van der Waals surface area contributed by atoms with Crippen LogP contribution in [-0.2, 0) is 6.54 Å². The van der Waals surface area contributed by atoms with E-state index in [-0.39, 0.29) is 11.3 Å². The second-order valence-corrected chi connectivity index (χ2v) is 4.80. The number of carbonyl (C=O) groups is 1. The first kappa shape index (κ1) is 12.4. The van der Waals surface area contributed by atoms with Crippen LogP contribution in [0.15, 0.2) is 53.3 Å². The Morgan fingerprint density at radius 3 is 2.45 bits per heavy atom. The lowest BCUT2D eigenvalue weighted by molar-refractivity contribution is 0.101. The van der Waals surface area contributed by atoms with E-state index in [9.17, 15) is 9.59 Å². The molecule has 0 saturated heterocycles. The monoisotopic (exact) mass is 266 g/mol.